The van der Waals surface area contributed by atoms with Crippen molar-refractivity contribution in [3.63, 3.8) is 0 Å². The number of phenolic OH excluding ortho intramolecular Hbond substituents is 1. The molecule has 3 N–H and O–H groups in total. The molecule has 0 saturated heterocycles. The number of aromatic hydroxyl groups is 1. The molecule has 0 bridgehead atoms. The Bertz CT molecular complexity index is 385. The first-order valence-electron chi connectivity index (χ1n) is 4.92. The van der Waals surface area contributed by atoms with Gasteiger partial charge in [0, 0.05) is 0 Å². The minimum atomic E-state index is -0.405. The van der Waals surface area contributed by atoms with Gasteiger partial charge >= 0.3 is 5.97 Å². The summed E-state index contributed by atoms with van der Waals surface area (Å²) in [6.45, 7) is 0.476. The van der Waals surface area contributed by atoms with E-state index in [1.807, 2.05) is 0 Å². The zero-order valence-corrected chi connectivity index (χ0v) is 8.27. The first kappa shape index (κ1) is 9.83. The van der Waals surface area contributed by atoms with Crippen molar-refractivity contribution >= 4 is 11.7 Å². The number of hydrogen-bond acceptors (Lipinski definition) is 4. The topological polar surface area (TPSA) is 72.6 Å². The first-order valence-corrected chi connectivity index (χ1v) is 4.92. The van der Waals surface area contributed by atoms with Gasteiger partial charge in [-0.3, -0.25) is 0 Å². The van der Waals surface area contributed by atoms with E-state index in [4.69, 9.17) is 10.5 Å². The fourth-order valence-corrected chi connectivity index (χ4v) is 1.23. The van der Waals surface area contributed by atoms with Crippen LogP contribution in [0.2, 0.25) is 0 Å². The van der Waals surface area contributed by atoms with Crippen molar-refractivity contribution in [3.8, 4) is 5.75 Å². The van der Waals surface area contributed by atoms with Crippen molar-refractivity contribution in [1.29, 1.82) is 0 Å². The molecule has 1 aromatic rings. The summed E-state index contributed by atoms with van der Waals surface area (Å²) in [6, 6.07) is 4.36. The predicted molar refractivity (Wildman–Crippen MR) is 55.5 cm³/mol. The summed E-state index contributed by atoms with van der Waals surface area (Å²) in [4.78, 5) is 11.5. The summed E-state index contributed by atoms with van der Waals surface area (Å²) in [6.07, 6.45) is 2.28. The number of hydrogen-bond donors (Lipinski definition) is 2. The number of anilines is 1. The third kappa shape index (κ3) is 2.40. The lowest BCUT2D eigenvalue weighted by Gasteiger charge is -2.04. The third-order valence-corrected chi connectivity index (χ3v) is 2.41. The molecule has 1 aliphatic rings. The molecule has 1 saturated carbocycles. The number of nitrogens with two attached hydrogens (primary N) is 1. The summed E-state index contributed by atoms with van der Waals surface area (Å²) in [5.41, 5.74) is 6.01. The fraction of sp³-hybridized carbons (Fsp3) is 0.364. The molecular formula is C11H13NO3. The van der Waals surface area contributed by atoms with Crippen LogP contribution in [0.4, 0.5) is 5.69 Å². The number of phenols is 1. The predicted octanol–water partition coefficient (Wildman–Crippen LogP) is 1.54. The Morgan fingerprint density at radius 1 is 1.53 bits per heavy atom. The van der Waals surface area contributed by atoms with E-state index in [1.165, 1.54) is 12.1 Å². The number of esters is 1. The van der Waals surface area contributed by atoms with Gasteiger partial charge in [0.1, 0.15) is 5.75 Å². The summed E-state index contributed by atoms with van der Waals surface area (Å²) in [5.74, 6) is 0.0457. The minimum Gasteiger partial charge on any atom is -0.506 e. The molecule has 15 heavy (non-hydrogen) atoms. The van der Waals surface area contributed by atoms with Gasteiger partial charge in [0.15, 0.2) is 0 Å². The Labute approximate surface area is 87.7 Å². The highest BCUT2D eigenvalue weighted by Crippen LogP contribution is 2.29. The summed E-state index contributed by atoms with van der Waals surface area (Å²) in [7, 11) is 0. The van der Waals surface area contributed by atoms with Gasteiger partial charge in [0.2, 0.25) is 0 Å². The Morgan fingerprint density at radius 3 is 2.87 bits per heavy atom. The van der Waals surface area contributed by atoms with Crippen LogP contribution in [0.1, 0.15) is 23.2 Å². The molecule has 4 nitrogen and oxygen atoms in total. The monoisotopic (exact) mass is 207 g/mol. The molecule has 1 aromatic carbocycles. The summed E-state index contributed by atoms with van der Waals surface area (Å²) in [5, 5.41) is 9.31. The smallest absolute Gasteiger partial charge is 0.338 e. The summed E-state index contributed by atoms with van der Waals surface area (Å²) < 4.78 is 5.06. The average molecular weight is 207 g/mol. The van der Waals surface area contributed by atoms with Crippen LogP contribution < -0.4 is 5.73 Å². The summed E-state index contributed by atoms with van der Waals surface area (Å²) >= 11 is 0. The molecule has 1 fully saturated rings. The van der Waals surface area contributed by atoms with Gasteiger partial charge in [-0.05, 0) is 37.0 Å². The van der Waals surface area contributed by atoms with Crippen molar-refractivity contribution < 1.29 is 14.6 Å². The van der Waals surface area contributed by atoms with Crippen LogP contribution in [0.5, 0.6) is 5.75 Å². The number of rotatable bonds is 3. The van der Waals surface area contributed by atoms with E-state index in [2.05, 4.69) is 0 Å². The lowest BCUT2D eigenvalue weighted by Crippen LogP contribution is -2.07. The standard InChI is InChI=1S/C11H13NO3/c12-9-4-3-8(5-10(9)13)11(14)15-6-7-1-2-7/h3-5,7,13H,1-2,6,12H2. The zero-order valence-electron chi connectivity index (χ0n) is 8.27. The molecule has 0 amide bonds. The van der Waals surface area contributed by atoms with Crippen LogP contribution in [0.3, 0.4) is 0 Å². The van der Waals surface area contributed by atoms with E-state index in [0.717, 1.165) is 12.8 Å². The van der Waals surface area contributed by atoms with E-state index in [9.17, 15) is 9.90 Å². The number of ether oxygens (including phenoxy) is 1. The van der Waals surface area contributed by atoms with Crippen molar-refractivity contribution in [2.75, 3.05) is 12.3 Å². The largest absolute Gasteiger partial charge is 0.506 e. The number of benzene rings is 1. The molecule has 0 radical (unpaired) electrons. The van der Waals surface area contributed by atoms with Gasteiger partial charge in [-0.1, -0.05) is 0 Å². The lowest BCUT2D eigenvalue weighted by molar-refractivity contribution is 0.0485. The highest BCUT2D eigenvalue weighted by molar-refractivity contribution is 5.90. The minimum absolute atomic E-state index is 0.0872. The van der Waals surface area contributed by atoms with Gasteiger partial charge in [-0.2, -0.15) is 0 Å². The SMILES string of the molecule is Nc1ccc(C(=O)OCC2CC2)cc1O. The van der Waals surface area contributed by atoms with Crippen LogP contribution in [0.15, 0.2) is 18.2 Å². The van der Waals surface area contributed by atoms with Gasteiger partial charge < -0.3 is 15.6 Å². The van der Waals surface area contributed by atoms with Gasteiger partial charge in [-0.15, -0.1) is 0 Å². The Hall–Kier alpha value is -1.71. The van der Waals surface area contributed by atoms with Crippen LogP contribution in [0.25, 0.3) is 0 Å². The van der Waals surface area contributed by atoms with Crippen LogP contribution in [0, 0.1) is 5.92 Å². The Kier molecular flexibility index (Phi) is 2.49. The third-order valence-electron chi connectivity index (χ3n) is 2.41. The van der Waals surface area contributed by atoms with Crippen molar-refractivity contribution in [2.24, 2.45) is 5.92 Å². The normalized spacial score (nSPS) is 14.9. The van der Waals surface area contributed by atoms with Gasteiger partial charge in [0.05, 0.1) is 17.9 Å². The quantitative estimate of drug-likeness (QED) is 0.448. The molecule has 2 rings (SSSR count). The van der Waals surface area contributed by atoms with E-state index in [-0.39, 0.29) is 11.4 Å². The van der Waals surface area contributed by atoms with E-state index < -0.39 is 5.97 Å². The number of nitrogen functional groups attached to an aromatic ring is 1. The highest BCUT2D eigenvalue weighted by Gasteiger charge is 2.23. The zero-order chi connectivity index (χ0) is 10.8. The van der Waals surface area contributed by atoms with Crippen molar-refractivity contribution in [2.45, 2.75) is 12.8 Å². The molecule has 0 atom stereocenters. The molecule has 4 heteroatoms. The molecule has 0 unspecified atom stereocenters. The van der Waals surface area contributed by atoms with Gasteiger partial charge in [0.25, 0.3) is 0 Å². The lowest BCUT2D eigenvalue weighted by atomic mass is 10.2. The van der Waals surface area contributed by atoms with Crippen LogP contribution in [-0.2, 0) is 4.74 Å². The first-order chi connectivity index (χ1) is 7.16. The van der Waals surface area contributed by atoms with Crippen molar-refractivity contribution in [3.05, 3.63) is 23.8 Å². The van der Waals surface area contributed by atoms with Crippen LogP contribution >= 0.6 is 0 Å². The second-order valence-electron chi connectivity index (χ2n) is 3.82. The molecule has 0 aromatic heterocycles. The maximum atomic E-state index is 11.5. The molecule has 0 aliphatic heterocycles. The second kappa shape index (κ2) is 3.81. The van der Waals surface area contributed by atoms with Gasteiger partial charge in [-0.25, -0.2) is 4.79 Å². The average Bonchev–Trinajstić information content (AvgIpc) is 3.02. The molecule has 80 valence electrons. The van der Waals surface area contributed by atoms with E-state index in [0.29, 0.717) is 18.1 Å². The second-order valence-corrected chi connectivity index (χ2v) is 3.82. The van der Waals surface area contributed by atoms with Crippen molar-refractivity contribution in [1.82, 2.24) is 0 Å². The maximum Gasteiger partial charge on any atom is 0.338 e. The number of carbonyl (C=O) groups is 1. The Morgan fingerprint density at radius 2 is 2.27 bits per heavy atom. The van der Waals surface area contributed by atoms with E-state index in [1.54, 1.807) is 6.07 Å². The van der Waals surface area contributed by atoms with E-state index >= 15 is 0 Å². The molecule has 0 spiro atoms. The molecule has 0 heterocycles. The van der Waals surface area contributed by atoms with Crippen LogP contribution in [-0.4, -0.2) is 17.7 Å². The Balaban J connectivity index is 2.00. The molecule has 1 aliphatic carbocycles. The highest BCUT2D eigenvalue weighted by atomic mass is 16.5. The fourth-order valence-electron chi connectivity index (χ4n) is 1.23. The maximum absolute atomic E-state index is 11.5. The molecular weight excluding hydrogens is 194 g/mol. The number of carbonyl (C=O) groups excluding carboxylic acids is 1.